The first-order valence-corrected chi connectivity index (χ1v) is 6.10. The number of nitriles is 1. The molecule has 0 atom stereocenters. The van der Waals surface area contributed by atoms with Crippen LogP contribution in [0.3, 0.4) is 0 Å². The molecule has 0 aliphatic rings. The first-order valence-electron chi connectivity index (χ1n) is 5.72. The van der Waals surface area contributed by atoms with Gasteiger partial charge in [0, 0.05) is 17.8 Å². The number of nitrogens with one attached hydrogen (secondary N) is 1. The van der Waals surface area contributed by atoms with Gasteiger partial charge in [-0.1, -0.05) is 17.7 Å². The van der Waals surface area contributed by atoms with Crippen LogP contribution in [0.15, 0.2) is 42.5 Å². The van der Waals surface area contributed by atoms with E-state index in [-0.39, 0.29) is 10.6 Å². The molecule has 0 unspecified atom stereocenters. The lowest BCUT2D eigenvalue weighted by Gasteiger charge is -2.07. The zero-order chi connectivity index (χ0) is 14.5. The monoisotopic (exact) mass is 288 g/mol. The molecule has 1 amide bonds. The van der Waals surface area contributed by atoms with Crippen molar-refractivity contribution in [1.29, 1.82) is 5.26 Å². The van der Waals surface area contributed by atoms with Crippen molar-refractivity contribution in [2.75, 3.05) is 5.32 Å². The third kappa shape index (κ3) is 3.13. The standard InChI is InChI=1S/C14H10ClN3O2/c15-13-5-4-11(18-20)7-12(13)14(19)17-10-3-1-2-9(6-10)8-16/h1-7,18,20H,(H,17,19)/p+1. The molecule has 0 fully saturated rings. The fraction of sp³-hybridized carbons (Fsp3) is 0. The van der Waals surface area contributed by atoms with E-state index < -0.39 is 5.91 Å². The minimum Gasteiger partial charge on any atom is -0.322 e. The largest absolute Gasteiger partial charge is 0.322 e. The van der Waals surface area contributed by atoms with Crippen molar-refractivity contribution in [3.63, 3.8) is 0 Å². The van der Waals surface area contributed by atoms with E-state index in [9.17, 15) is 4.79 Å². The molecule has 5 nitrogen and oxygen atoms in total. The van der Waals surface area contributed by atoms with Crippen molar-refractivity contribution in [3.8, 4) is 6.07 Å². The molecule has 0 aromatic heterocycles. The number of hydrogen-bond donors (Lipinski definition) is 3. The van der Waals surface area contributed by atoms with Gasteiger partial charge in [-0.25, -0.2) is 5.21 Å². The summed E-state index contributed by atoms with van der Waals surface area (Å²) in [4.78, 5) is 12.1. The van der Waals surface area contributed by atoms with Crippen LogP contribution < -0.4 is 10.8 Å². The molecule has 2 rings (SSSR count). The van der Waals surface area contributed by atoms with E-state index in [2.05, 4.69) is 5.32 Å². The van der Waals surface area contributed by atoms with E-state index in [0.717, 1.165) is 5.48 Å². The summed E-state index contributed by atoms with van der Waals surface area (Å²) in [5.41, 5.74) is 2.57. The third-order valence-corrected chi connectivity index (χ3v) is 2.96. The molecular formula is C14H11ClN3O2+. The molecule has 2 aromatic rings. The van der Waals surface area contributed by atoms with E-state index in [1.165, 1.54) is 12.1 Å². The van der Waals surface area contributed by atoms with Crippen LogP contribution >= 0.6 is 11.6 Å². The molecule has 0 saturated heterocycles. The molecule has 0 saturated carbocycles. The zero-order valence-corrected chi connectivity index (χ0v) is 11.1. The van der Waals surface area contributed by atoms with Crippen molar-refractivity contribution in [2.45, 2.75) is 0 Å². The molecule has 0 aliphatic heterocycles. The van der Waals surface area contributed by atoms with Crippen LogP contribution in [0.1, 0.15) is 15.9 Å². The van der Waals surface area contributed by atoms with Crippen molar-refractivity contribution in [2.24, 2.45) is 0 Å². The van der Waals surface area contributed by atoms with Gasteiger partial charge in [-0.3, -0.25) is 4.79 Å². The number of carbonyl (C=O) groups is 1. The van der Waals surface area contributed by atoms with Gasteiger partial charge in [0.2, 0.25) is 0 Å². The van der Waals surface area contributed by atoms with Crippen molar-refractivity contribution in [1.82, 2.24) is 0 Å². The van der Waals surface area contributed by atoms with Crippen LogP contribution in [0.25, 0.3) is 0 Å². The fourth-order valence-electron chi connectivity index (χ4n) is 1.66. The fourth-order valence-corrected chi connectivity index (χ4v) is 1.87. The number of quaternary nitrogens is 1. The second kappa shape index (κ2) is 6.17. The predicted octanol–water partition coefficient (Wildman–Crippen LogP) is 2.05. The Kier molecular flexibility index (Phi) is 4.33. The number of benzene rings is 2. The maximum Gasteiger partial charge on any atom is 0.257 e. The van der Waals surface area contributed by atoms with E-state index >= 15 is 0 Å². The van der Waals surface area contributed by atoms with E-state index in [1.54, 1.807) is 30.3 Å². The maximum atomic E-state index is 12.1. The lowest BCUT2D eigenvalue weighted by atomic mass is 10.1. The van der Waals surface area contributed by atoms with Crippen molar-refractivity contribution >= 4 is 28.9 Å². The second-order valence-corrected chi connectivity index (χ2v) is 4.42. The lowest BCUT2D eigenvalue weighted by molar-refractivity contribution is -0.825. The van der Waals surface area contributed by atoms with Crippen molar-refractivity contribution < 1.29 is 15.5 Å². The number of anilines is 1. The summed E-state index contributed by atoms with van der Waals surface area (Å²) in [6.07, 6.45) is 0. The van der Waals surface area contributed by atoms with Crippen LogP contribution in [0, 0.1) is 11.3 Å². The lowest BCUT2D eigenvalue weighted by Crippen LogP contribution is -2.73. The van der Waals surface area contributed by atoms with Crippen molar-refractivity contribution in [3.05, 3.63) is 58.6 Å². The van der Waals surface area contributed by atoms with Crippen LogP contribution in [-0.4, -0.2) is 11.1 Å². The molecule has 100 valence electrons. The van der Waals surface area contributed by atoms with Gasteiger partial charge in [-0.2, -0.15) is 10.7 Å². The normalized spacial score (nSPS) is 9.85. The smallest absolute Gasteiger partial charge is 0.257 e. The Morgan fingerprint density at radius 1 is 1.30 bits per heavy atom. The van der Waals surface area contributed by atoms with Gasteiger partial charge in [0.25, 0.3) is 5.91 Å². The number of hydrogen-bond acceptors (Lipinski definition) is 3. The SMILES string of the molecule is N#Cc1cccc(NC(=O)c2cc([NH2+]O)ccc2Cl)c1. The molecule has 4 N–H and O–H groups in total. The van der Waals surface area contributed by atoms with Crippen LogP contribution in [0.5, 0.6) is 0 Å². The number of nitrogens with zero attached hydrogens (tertiary/aromatic N) is 1. The predicted molar refractivity (Wildman–Crippen MR) is 73.9 cm³/mol. The molecule has 0 spiro atoms. The molecule has 0 aliphatic carbocycles. The maximum absolute atomic E-state index is 12.1. The third-order valence-electron chi connectivity index (χ3n) is 2.63. The molecule has 2 aromatic carbocycles. The number of rotatable bonds is 3. The molecule has 6 heteroatoms. The highest BCUT2D eigenvalue weighted by atomic mass is 35.5. The Morgan fingerprint density at radius 3 is 2.80 bits per heavy atom. The number of nitrogens with two attached hydrogens (primary N) is 1. The van der Waals surface area contributed by atoms with Gasteiger partial charge in [-0.05, 0) is 24.3 Å². The summed E-state index contributed by atoms with van der Waals surface area (Å²) >= 11 is 5.96. The first-order chi connectivity index (χ1) is 9.63. The Morgan fingerprint density at radius 2 is 2.10 bits per heavy atom. The van der Waals surface area contributed by atoms with Gasteiger partial charge in [0.1, 0.15) is 0 Å². The summed E-state index contributed by atoms with van der Waals surface area (Å²) < 4.78 is 0. The Bertz CT molecular complexity index is 695. The van der Waals surface area contributed by atoms with E-state index in [4.69, 9.17) is 22.1 Å². The van der Waals surface area contributed by atoms with Crippen LogP contribution in [-0.2, 0) is 0 Å². The number of halogens is 1. The molecule has 20 heavy (non-hydrogen) atoms. The zero-order valence-electron chi connectivity index (χ0n) is 10.3. The Labute approximate surface area is 120 Å². The minimum absolute atomic E-state index is 0.247. The number of amides is 1. The van der Waals surface area contributed by atoms with Gasteiger partial charge in [0.15, 0.2) is 5.69 Å². The Hall–Kier alpha value is -2.39. The molecule has 0 bridgehead atoms. The minimum atomic E-state index is -0.409. The average Bonchev–Trinajstić information content (AvgIpc) is 2.47. The van der Waals surface area contributed by atoms with Crippen LogP contribution in [0.2, 0.25) is 5.02 Å². The summed E-state index contributed by atoms with van der Waals surface area (Å²) in [7, 11) is 0. The molecule has 0 radical (unpaired) electrons. The van der Waals surface area contributed by atoms with Crippen LogP contribution in [0.4, 0.5) is 11.4 Å². The molecule has 0 heterocycles. The topological polar surface area (TPSA) is 89.7 Å². The Balaban J connectivity index is 2.26. The summed E-state index contributed by atoms with van der Waals surface area (Å²) in [6.45, 7) is 0. The average molecular weight is 289 g/mol. The first kappa shape index (κ1) is 14.0. The summed E-state index contributed by atoms with van der Waals surface area (Å²) in [5, 5.41) is 20.7. The van der Waals surface area contributed by atoms with Gasteiger partial charge < -0.3 is 5.32 Å². The highest BCUT2D eigenvalue weighted by Crippen LogP contribution is 2.20. The summed E-state index contributed by atoms with van der Waals surface area (Å²) in [6, 6.07) is 13.2. The second-order valence-electron chi connectivity index (χ2n) is 4.02. The summed E-state index contributed by atoms with van der Waals surface area (Å²) in [5.74, 6) is -0.409. The van der Waals surface area contributed by atoms with Gasteiger partial charge >= 0.3 is 0 Å². The van der Waals surface area contributed by atoms with E-state index in [1.807, 2.05) is 6.07 Å². The molecular weight excluding hydrogens is 278 g/mol. The number of carbonyl (C=O) groups excluding carboxylic acids is 1. The quantitative estimate of drug-likeness (QED) is 0.596. The van der Waals surface area contributed by atoms with Gasteiger partial charge in [0.05, 0.1) is 22.2 Å². The highest BCUT2D eigenvalue weighted by molar-refractivity contribution is 6.34. The van der Waals surface area contributed by atoms with Gasteiger partial charge in [-0.15, -0.1) is 0 Å². The van der Waals surface area contributed by atoms with E-state index in [0.29, 0.717) is 16.9 Å². The highest BCUT2D eigenvalue weighted by Gasteiger charge is 2.13.